The SMILES string of the molecule is CCn1ncc(-c2ccc(C)cc2C)c(C(=O)O)c1=O. The molecule has 0 amide bonds. The van der Waals surface area contributed by atoms with Crippen LogP contribution in [0.15, 0.2) is 29.2 Å². The van der Waals surface area contributed by atoms with E-state index in [-0.39, 0.29) is 5.56 Å². The lowest BCUT2D eigenvalue weighted by molar-refractivity contribution is 0.0694. The molecular formula is C15H16N2O3. The van der Waals surface area contributed by atoms with E-state index in [1.807, 2.05) is 32.0 Å². The summed E-state index contributed by atoms with van der Waals surface area (Å²) in [5, 5.41) is 13.4. The number of rotatable bonds is 3. The van der Waals surface area contributed by atoms with Crippen molar-refractivity contribution in [2.45, 2.75) is 27.3 Å². The largest absolute Gasteiger partial charge is 0.477 e. The van der Waals surface area contributed by atoms with Gasteiger partial charge in [-0.1, -0.05) is 23.8 Å². The summed E-state index contributed by atoms with van der Waals surface area (Å²) in [6.07, 6.45) is 1.45. The maximum atomic E-state index is 12.1. The van der Waals surface area contributed by atoms with E-state index >= 15 is 0 Å². The first-order chi connectivity index (χ1) is 9.45. The van der Waals surface area contributed by atoms with Gasteiger partial charge in [0.1, 0.15) is 5.56 Å². The second kappa shape index (κ2) is 5.28. The van der Waals surface area contributed by atoms with Crippen LogP contribution in [0.5, 0.6) is 0 Å². The van der Waals surface area contributed by atoms with Crippen LogP contribution in [0.25, 0.3) is 11.1 Å². The number of hydrogen-bond acceptors (Lipinski definition) is 3. The third-order valence-electron chi connectivity index (χ3n) is 3.23. The van der Waals surface area contributed by atoms with E-state index in [2.05, 4.69) is 5.10 Å². The maximum absolute atomic E-state index is 12.1. The van der Waals surface area contributed by atoms with Crippen molar-refractivity contribution in [1.29, 1.82) is 0 Å². The molecule has 0 saturated carbocycles. The second-order valence-electron chi connectivity index (χ2n) is 4.68. The van der Waals surface area contributed by atoms with Crippen molar-refractivity contribution in [1.82, 2.24) is 9.78 Å². The molecule has 5 nitrogen and oxygen atoms in total. The predicted molar refractivity (Wildman–Crippen MR) is 76.0 cm³/mol. The van der Waals surface area contributed by atoms with Gasteiger partial charge in [0.2, 0.25) is 0 Å². The number of hydrogen-bond donors (Lipinski definition) is 1. The van der Waals surface area contributed by atoms with E-state index in [4.69, 9.17) is 0 Å². The summed E-state index contributed by atoms with van der Waals surface area (Å²) in [5.41, 5.74) is 2.29. The quantitative estimate of drug-likeness (QED) is 0.930. The standard InChI is InChI=1S/C15H16N2O3/c1-4-17-14(18)13(15(19)20)12(8-16-17)11-6-5-9(2)7-10(11)3/h5-8H,4H2,1-3H3,(H,19,20). The van der Waals surface area contributed by atoms with Crippen LogP contribution in [0.1, 0.15) is 28.4 Å². The molecule has 0 aliphatic heterocycles. The topological polar surface area (TPSA) is 72.2 Å². The molecular weight excluding hydrogens is 256 g/mol. The minimum absolute atomic E-state index is 0.228. The molecule has 2 rings (SSSR count). The fourth-order valence-corrected chi connectivity index (χ4v) is 2.24. The molecule has 5 heteroatoms. The Morgan fingerprint density at radius 1 is 1.30 bits per heavy atom. The highest BCUT2D eigenvalue weighted by molar-refractivity contribution is 5.95. The molecule has 0 atom stereocenters. The van der Waals surface area contributed by atoms with Gasteiger partial charge < -0.3 is 5.11 Å². The molecule has 0 fully saturated rings. The molecule has 0 spiro atoms. The minimum Gasteiger partial charge on any atom is -0.477 e. The van der Waals surface area contributed by atoms with Crippen molar-refractivity contribution >= 4 is 5.97 Å². The zero-order valence-corrected chi connectivity index (χ0v) is 11.7. The Balaban J connectivity index is 2.77. The number of carbonyl (C=O) groups is 1. The van der Waals surface area contributed by atoms with Gasteiger partial charge in [0.25, 0.3) is 5.56 Å². The van der Waals surface area contributed by atoms with Gasteiger partial charge in [-0.15, -0.1) is 0 Å². The first-order valence-electron chi connectivity index (χ1n) is 6.36. The summed E-state index contributed by atoms with van der Waals surface area (Å²) in [6, 6.07) is 5.66. The van der Waals surface area contributed by atoms with Crippen LogP contribution >= 0.6 is 0 Å². The van der Waals surface area contributed by atoms with Crippen LogP contribution in [0.2, 0.25) is 0 Å². The van der Waals surface area contributed by atoms with Gasteiger partial charge in [-0.05, 0) is 31.9 Å². The van der Waals surface area contributed by atoms with Gasteiger partial charge in [-0.3, -0.25) is 4.79 Å². The first kappa shape index (κ1) is 14.0. The van der Waals surface area contributed by atoms with Crippen LogP contribution in [-0.2, 0) is 6.54 Å². The lowest BCUT2D eigenvalue weighted by atomic mass is 9.97. The summed E-state index contributed by atoms with van der Waals surface area (Å²) in [4.78, 5) is 23.6. The number of aromatic carboxylic acids is 1. The number of nitrogens with zero attached hydrogens (tertiary/aromatic N) is 2. The molecule has 1 aromatic carbocycles. The molecule has 0 radical (unpaired) electrons. The predicted octanol–water partition coefficient (Wildman–Crippen LogP) is 2.25. The van der Waals surface area contributed by atoms with Gasteiger partial charge in [-0.2, -0.15) is 5.10 Å². The third-order valence-corrected chi connectivity index (χ3v) is 3.23. The zero-order valence-electron chi connectivity index (χ0n) is 11.7. The molecule has 0 unspecified atom stereocenters. The van der Waals surface area contributed by atoms with Crippen molar-refractivity contribution in [3.05, 3.63) is 51.4 Å². The highest BCUT2D eigenvalue weighted by Gasteiger charge is 2.19. The molecule has 0 aliphatic carbocycles. The first-order valence-corrected chi connectivity index (χ1v) is 6.36. The zero-order chi connectivity index (χ0) is 14.9. The Kier molecular flexibility index (Phi) is 3.70. The van der Waals surface area contributed by atoms with Crippen molar-refractivity contribution in [2.75, 3.05) is 0 Å². The van der Waals surface area contributed by atoms with E-state index < -0.39 is 11.5 Å². The van der Waals surface area contributed by atoms with Crippen LogP contribution in [0.4, 0.5) is 0 Å². The Bertz CT molecular complexity index is 732. The molecule has 1 aromatic heterocycles. The summed E-state index contributed by atoms with van der Waals surface area (Å²) in [5.74, 6) is -1.23. The summed E-state index contributed by atoms with van der Waals surface area (Å²) in [6.45, 7) is 5.94. The molecule has 0 saturated heterocycles. The molecule has 2 aromatic rings. The minimum atomic E-state index is -1.23. The highest BCUT2D eigenvalue weighted by Crippen LogP contribution is 2.25. The second-order valence-corrected chi connectivity index (χ2v) is 4.68. The normalized spacial score (nSPS) is 10.6. The Labute approximate surface area is 116 Å². The van der Waals surface area contributed by atoms with Crippen molar-refractivity contribution in [3.63, 3.8) is 0 Å². The van der Waals surface area contributed by atoms with Gasteiger partial charge >= 0.3 is 5.97 Å². The Morgan fingerprint density at radius 3 is 2.55 bits per heavy atom. The fraction of sp³-hybridized carbons (Fsp3) is 0.267. The fourth-order valence-electron chi connectivity index (χ4n) is 2.24. The van der Waals surface area contributed by atoms with Gasteiger partial charge in [-0.25, -0.2) is 9.48 Å². The molecule has 0 aliphatic rings. The summed E-state index contributed by atoms with van der Waals surface area (Å²) >= 11 is 0. The van der Waals surface area contributed by atoms with E-state index in [0.717, 1.165) is 21.4 Å². The van der Waals surface area contributed by atoms with E-state index in [9.17, 15) is 14.7 Å². The van der Waals surface area contributed by atoms with Crippen LogP contribution in [0, 0.1) is 13.8 Å². The Morgan fingerprint density at radius 2 is 2.00 bits per heavy atom. The molecule has 1 heterocycles. The summed E-state index contributed by atoms with van der Waals surface area (Å²) in [7, 11) is 0. The molecule has 104 valence electrons. The van der Waals surface area contributed by atoms with Crippen LogP contribution in [-0.4, -0.2) is 20.9 Å². The van der Waals surface area contributed by atoms with E-state index in [0.29, 0.717) is 12.1 Å². The molecule has 0 bridgehead atoms. The molecule has 20 heavy (non-hydrogen) atoms. The smallest absolute Gasteiger partial charge is 0.342 e. The van der Waals surface area contributed by atoms with Gasteiger partial charge in [0, 0.05) is 12.1 Å². The van der Waals surface area contributed by atoms with Crippen LogP contribution < -0.4 is 5.56 Å². The average molecular weight is 272 g/mol. The van der Waals surface area contributed by atoms with Gasteiger partial charge in [0.05, 0.1) is 6.20 Å². The van der Waals surface area contributed by atoms with E-state index in [1.165, 1.54) is 6.20 Å². The summed E-state index contributed by atoms with van der Waals surface area (Å²) < 4.78 is 1.15. The number of aryl methyl sites for hydroxylation is 3. The number of carboxylic acid groups (broad SMARTS) is 1. The number of carboxylic acids is 1. The monoisotopic (exact) mass is 272 g/mol. The number of aromatic nitrogens is 2. The molecule has 1 N–H and O–H groups in total. The van der Waals surface area contributed by atoms with Crippen molar-refractivity contribution < 1.29 is 9.90 Å². The number of benzene rings is 1. The van der Waals surface area contributed by atoms with Crippen LogP contribution in [0.3, 0.4) is 0 Å². The lowest BCUT2D eigenvalue weighted by Crippen LogP contribution is -2.28. The Hall–Kier alpha value is -2.43. The third kappa shape index (κ3) is 2.34. The van der Waals surface area contributed by atoms with Crippen molar-refractivity contribution in [3.8, 4) is 11.1 Å². The highest BCUT2D eigenvalue weighted by atomic mass is 16.4. The average Bonchev–Trinajstić information content (AvgIpc) is 2.38. The van der Waals surface area contributed by atoms with Crippen molar-refractivity contribution in [2.24, 2.45) is 0 Å². The lowest BCUT2D eigenvalue weighted by Gasteiger charge is -2.11. The van der Waals surface area contributed by atoms with E-state index in [1.54, 1.807) is 6.92 Å². The maximum Gasteiger partial charge on any atom is 0.342 e. The van der Waals surface area contributed by atoms with Gasteiger partial charge in [0.15, 0.2) is 0 Å².